The Hall–Kier alpha value is -3.14. The summed E-state index contributed by atoms with van der Waals surface area (Å²) in [6, 6.07) is 3.32. The normalized spacial score (nSPS) is 17.4. The summed E-state index contributed by atoms with van der Waals surface area (Å²) >= 11 is 1.09. The van der Waals surface area contributed by atoms with Crippen LogP contribution in [0.3, 0.4) is 0 Å². The Balaban J connectivity index is 1.52. The van der Waals surface area contributed by atoms with Crippen molar-refractivity contribution in [2.45, 2.75) is 50.6 Å². The van der Waals surface area contributed by atoms with E-state index in [2.05, 4.69) is 10.2 Å². The number of carbonyl (C=O) groups is 1. The third-order valence-electron chi connectivity index (χ3n) is 6.78. The molecule has 1 fully saturated rings. The number of hydrogen-bond acceptors (Lipinski definition) is 6. The smallest absolute Gasteiger partial charge is 0.274 e. The average Bonchev–Trinajstić information content (AvgIpc) is 3.25. The zero-order valence-corrected chi connectivity index (χ0v) is 18.8. The first-order chi connectivity index (χ1) is 15.8. The second-order valence-electron chi connectivity index (χ2n) is 8.76. The first-order valence-electron chi connectivity index (χ1n) is 10.8. The molecule has 10 heteroatoms. The maximum Gasteiger partial charge on any atom is 0.274 e. The molecule has 1 aromatic carbocycles. The molecule has 7 nitrogen and oxygen atoms in total. The van der Waals surface area contributed by atoms with Crippen molar-refractivity contribution < 1.29 is 18.7 Å². The minimum absolute atomic E-state index is 0.0134. The first-order valence-corrected chi connectivity index (χ1v) is 11.6. The molecule has 0 bridgehead atoms. The number of likely N-dealkylation sites (N-methyl/N-ethyl adjacent to an activating group) is 1. The van der Waals surface area contributed by atoms with Crippen molar-refractivity contribution in [2.75, 3.05) is 7.05 Å². The van der Waals surface area contributed by atoms with Gasteiger partial charge in [0.2, 0.25) is 5.43 Å². The molecule has 3 aromatic rings. The number of rotatable bonds is 3. The van der Waals surface area contributed by atoms with Crippen molar-refractivity contribution in [3.63, 3.8) is 0 Å². The van der Waals surface area contributed by atoms with E-state index in [9.17, 15) is 23.5 Å². The fraction of sp³-hybridized carbons (Fsp3) is 0.391. The van der Waals surface area contributed by atoms with Crippen molar-refractivity contribution in [1.82, 2.24) is 19.7 Å². The van der Waals surface area contributed by atoms with E-state index >= 15 is 0 Å². The number of pyridine rings is 1. The van der Waals surface area contributed by atoms with Gasteiger partial charge in [-0.05, 0) is 24.5 Å². The molecule has 172 valence electrons. The van der Waals surface area contributed by atoms with Crippen LogP contribution in [0.5, 0.6) is 5.75 Å². The summed E-state index contributed by atoms with van der Waals surface area (Å²) in [5.41, 5.74) is -0.647. The zero-order chi connectivity index (χ0) is 23.3. The van der Waals surface area contributed by atoms with Crippen LogP contribution in [0.2, 0.25) is 0 Å². The van der Waals surface area contributed by atoms with E-state index in [0.717, 1.165) is 49.5 Å². The Bertz CT molecular complexity index is 1310. The number of fused-ring (bicyclic) bond motifs is 1. The Labute approximate surface area is 192 Å². The summed E-state index contributed by atoms with van der Waals surface area (Å²) in [5.74, 6) is -2.31. The zero-order valence-electron chi connectivity index (χ0n) is 18.0. The van der Waals surface area contributed by atoms with Gasteiger partial charge in [0, 0.05) is 32.3 Å². The highest BCUT2D eigenvalue weighted by Gasteiger charge is 2.45. The third-order valence-corrected chi connectivity index (χ3v) is 7.73. The highest BCUT2D eigenvalue weighted by atomic mass is 32.1. The molecular formula is C23H22F2N4O3S. The van der Waals surface area contributed by atoms with Gasteiger partial charge in [0.05, 0.1) is 11.1 Å². The van der Waals surface area contributed by atoms with Crippen molar-refractivity contribution in [3.05, 3.63) is 62.5 Å². The Morgan fingerprint density at radius 3 is 2.64 bits per heavy atom. The van der Waals surface area contributed by atoms with Crippen molar-refractivity contribution in [2.24, 2.45) is 0 Å². The quantitative estimate of drug-likeness (QED) is 0.628. The van der Waals surface area contributed by atoms with Crippen LogP contribution in [0, 0.1) is 11.6 Å². The molecule has 1 aliphatic heterocycles. The molecule has 0 saturated heterocycles. The molecule has 1 saturated carbocycles. The lowest BCUT2D eigenvalue weighted by Gasteiger charge is -2.48. The highest BCUT2D eigenvalue weighted by Crippen LogP contribution is 2.40. The number of amides is 1. The number of aromatic hydroxyl groups is 1. The number of nitrogens with zero attached hydrogens (tertiary/aromatic N) is 4. The molecule has 1 amide bonds. The molecule has 0 radical (unpaired) electrons. The van der Waals surface area contributed by atoms with Gasteiger partial charge in [0.1, 0.15) is 16.6 Å². The van der Waals surface area contributed by atoms with Gasteiger partial charge >= 0.3 is 0 Å². The standard InChI is InChI=1S/C23H22F2N4O3S/c1-28-22(32)18-20(31)19(30)15(11-29(18)12-23(28)7-3-2-4-8-23)21-27-26-17(33-21)9-13-5-6-14(24)10-16(13)25/h5-6,10-11,31H,2-4,7-9,12H2,1H3. The van der Waals surface area contributed by atoms with Crippen molar-refractivity contribution in [1.29, 1.82) is 0 Å². The second kappa shape index (κ2) is 8.02. The van der Waals surface area contributed by atoms with E-state index < -0.39 is 22.8 Å². The van der Waals surface area contributed by atoms with Gasteiger partial charge in [-0.2, -0.15) is 0 Å². The van der Waals surface area contributed by atoms with E-state index in [1.54, 1.807) is 22.7 Å². The summed E-state index contributed by atoms with van der Waals surface area (Å²) in [7, 11) is 1.74. The Morgan fingerprint density at radius 2 is 1.91 bits per heavy atom. The second-order valence-corrected chi connectivity index (χ2v) is 9.82. The van der Waals surface area contributed by atoms with Crippen molar-refractivity contribution >= 4 is 17.2 Å². The minimum atomic E-state index is -0.696. The molecule has 2 aliphatic rings. The van der Waals surface area contributed by atoms with Crippen LogP contribution < -0.4 is 5.43 Å². The van der Waals surface area contributed by atoms with Gasteiger partial charge in [-0.15, -0.1) is 10.2 Å². The Kier molecular flexibility index (Phi) is 5.27. The SMILES string of the molecule is CN1C(=O)c2c(O)c(=O)c(-c3nnc(Cc4ccc(F)cc4F)s3)cn2CC12CCCCC2. The molecule has 1 spiro atoms. The minimum Gasteiger partial charge on any atom is -0.503 e. The fourth-order valence-electron chi connectivity index (χ4n) is 4.91. The largest absolute Gasteiger partial charge is 0.503 e. The van der Waals surface area contributed by atoms with Gasteiger partial charge in [-0.25, -0.2) is 8.78 Å². The van der Waals surface area contributed by atoms with Gasteiger partial charge < -0.3 is 14.6 Å². The molecule has 0 atom stereocenters. The average molecular weight is 473 g/mol. The molecule has 3 heterocycles. The maximum absolute atomic E-state index is 14.0. The lowest BCUT2D eigenvalue weighted by Crippen LogP contribution is -2.57. The molecule has 5 rings (SSSR count). The van der Waals surface area contributed by atoms with E-state index in [4.69, 9.17) is 0 Å². The maximum atomic E-state index is 14.0. The van der Waals surface area contributed by atoms with Crippen LogP contribution in [-0.2, 0) is 13.0 Å². The lowest BCUT2D eigenvalue weighted by molar-refractivity contribution is 0.0257. The summed E-state index contributed by atoms with van der Waals surface area (Å²) in [6.45, 7) is 0.484. The van der Waals surface area contributed by atoms with E-state index in [1.807, 2.05) is 0 Å². The van der Waals surface area contributed by atoms with Crippen LogP contribution in [-0.4, -0.2) is 43.3 Å². The molecular weight excluding hydrogens is 450 g/mol. The molecule has 33 heavy (non-hydrogen) atoms. The first kappa shape index (κ1) is 21.7. The van der Waals surface area contributed by atoms with E-state index in [-0.39, 0.29) is 39.7 Å². The van der Waals surface area contributed by atoms with Crippen LogP contribution in [0.25, 0.3) is 10.6 Å². The van der Waals surface area contributed by atoms with Crippen molar-refractivity contribution in [3.8, 4) is 16.3 Å². The van der Waals surface area contributed by atoms with Crippen LogP contribution in [0.4, 0.5) is 8.78 Å². The summed E-state index contributed by atoms with van der Waals surface area (Å²) < 4.78 is 28.8. The van der Waals surface area contributed by atoms with E-state index in [0.29, 0.717) is 11.6 Å². The van der Waals surface area contributed by atoms with Gasteiger partial charge in [0.15, 0.2) is 16.5 Å². The van der Waals surface area contributed by atoms with Gasteiger partial charge in [0.25, 0.3) is 5.91 Å². The van der Waals surface area contributed by atoms with Gasteiger partial charge in [-0.3, -0.25) is 9.59 Å². The highest BCUT2D eigenvalue weighted by molar-refractivity contribution is 7.14. The topological polar surface area (TPSA) is 88.3 Å². The predicted molar refractivity (Wildman–Crippen MR) is 118 cm³/mol. The number of carbonyl (C=O) groups excluding carboxylic acids is 1. The number of halogens is 2. The number of benzene rings is 1. The molecule has 2 aromatic heterocycles. The van der Waals surface area contributed by atoms with Crippen LogP contribution >= 0.6 is 11.3 Å². The molecule has 1 N–H and O–H groups in total. The molecule has 0 unspecified atom stereocenters. The fourth-order valence-corrected chi connectivity index (χ4v) is 5.78. The summed E-state index contributed by atoms with van der Waals surface area (Å²) in [6.07, 6.45) is 6.55. The third kappa shape index (κ3) is 3.62. The van der Waals surface area contributed by atoms with Crippen LogP contribution in [0.15, 0.2) is 29.2 Å². The van der Waals surface area contributed by atoms with Gasteiger partial charge in [-0.1, -0.05) is 36.7 Å². The number of aromatic nitrogens is 3. The monoisotopic (exact) mass is 472 g/mol. The van der Waals surface area contributed by atoms with E-state index in [1.165, 1.54) is 12.1 Å². The number of hydrogen-bond donors (Lipinski definition) is 1. The Morgan fingerprint density at radius 1 is 1.15 bits per heavy atom. The summed E-state index contributed by atoms with van der Waals surface area (Å²) in [4.78, 5) is 27.7. The lowest BCUT2D eigenvalue weighted by atomic mass is 9.79. The van der Waals surface area contributed by atoms with Crippen LogP contribution in [0.1, 0.15) is 53.2 Å². The predicted octanol–water partition coefficient (Wildman–Crippen LogP) is 3.73. The molecule has 1 aliphatic carbocycles. The summed E-state index contributed by atoms with van der Waals surface area (Å²) in [5, 5.41) is 19.5.